The minimum Gasteiger partial charge on any atom is -0.207 e. The van der Waals surface area contributed by atoms with E-state index in [1.807, 2.05) is 0 Å². The lowest BCUT2D eigenvalue weighted by Gasteiger charge is -2.17. The Morgan fingerprint density at radius 2 is 0.720 bits per heavy atom. The zero-order chi connectivity index (χ0) is 18.1. The van der Waals surface area contributed by atoms with E-state index >= 15 is 0 Å². The van der Waals surface area contributed by atoms with Gasteiger partial charge in [0, 0.05) is 18.2 Å². The minimum atomic E-state index is -1.35. The molecule has 0 heterocycles. The van der Waals surface area contributed by atoms with Gasteiger partial charge in [-0.15, -0.1) is 0 Å². The first kappa shape index (κ1) is 17.1. The Morgan fingerprint density at radius 1 is 0.440 bits per heavy atom. The highest BCUT2D eigenvalue weighted by atomic mass is 19.2. The summed E-state index contributed by atoms with van der Waals surface area (Å²) in [5.74, 6) is -5.68. The summed E-state index contributed by atoms with van der Waals surface area (Å²) in [5.41, 5.74) is -0.674. The van der Waals surface area contributed by atoms with Gasteiger partial charge in [-0.25, -0.2) is 26.3 Å². The molecule has 0 bridgehead atoms. The number of benzene rings is 3. The summed E-state index contributed by atoms with van der Waals surface area (Å²) >= 11 is 0. The van der Waals surface area contributed by atoms with Crippen molar-refractivity contribution in [1.29, 1.82) is 0 Å². The van der Waals surface area contributed by atoms with E-state index in [0.29, 0.717) is 18.2 Å². The molecule has 25 heavy (non-hydrogen) atoms. The smallest absolute Gasteiger partial charge is 0.207 e. The highest BCUT2D eigenvalue weighted by Gasteiger charge is 2.30. The second-order valence-electron chi connectivity index (χ2n) is 5.43. The fourth-order valence-electron chi connectivity index (χ4n) is 2.71. The number of halogens is 6. The van der Waals surface area contributed by atoms with Crippen molar-refractivity contribution in [2.75, 3.05) is 0 Å². The van der Waals surface area contributed by atoms with Crippen LogP contribution in [0, 0.1) is 34.9 Å². The van der Waals surface area contributed by atoms with Gasteiger partial charge in [-0.3, -0.25) is 0 Å². The predicted octanol–water partition coefficient (Wildman–Crippen LogP) is 3.04. The molecule has 0 fully saturated rings. The van der Waals surface area contributed by atoms with Crippen LogP contribution in [-0.4, -0.2) is 6.71 Å². The zero-order valence-corrected chi connectivity index (χ0v) is 12.5. The maximum absolute atomic E-state index is 14.3. The van der Waals surface area contributed by atoms with Crippen molar-refractivity contribution in [1.82, 2.24) is 0 Å². The second kappa shape index (κ2) is 6.66. The monoisotopic (exact) mass is 350 g/mol. The van der Waals surface area contributed by atoms with Gasteiger partial charge in [0.15, 0.2) is 0 Å². The normalized spacial score (nSPS) is 10.8. The van der Waals surface area contributed by atoms with Crippen molar-refractivity contribution in [2.45, 2.75) is 0 Å². The lowest BCUT2D eigenvalue weighted by molar-refractivity contribution is 0.586. The third-order valence-corrected chi connectivity index (χ3v) is 3.82. The average Bonchev–Trinajstić information content (AvgIpc) is 2.52. The van der Waals surface area contributed by atoms with Crippen LogP contribution in [0.2, 0.25) is 0 Å². The van der Waals surface area contributed by atoms with Crippen molar-refractivity contribution in [2.24, 2.45) is 0 Å². The summed E-state index contributed by atoms with van der Waals surface area (Å²) in [4.78, 5) is 0. The molecule has 3 aromatic carbocycles. The molecule has 0 aliphatic heterocycles. The van der Waals surface area contributed by atoms with E-state index in [1.165, 1.54) is 0 Å². The Labute approximate surface area is 139 Å². The molecule has 0 spiro atoms. The molecule has 0 nitrogen and oxygen atoms in total. The summed E-state index contributed by atoms with van der Waals surface area (Å²) < 4.78 is 82.4. The molecular weight excluding hydrogens is 341 g/mol. The molecule has 0 saturated heterocycles. The standard InChI is InChI=1S/C18H9BF6/c20-10-1-4-13(16(23)7-10)19(14-5-2-11(21)8-17(14)24)15-6-3-12(22)9-18(15)25/h1-9H. The van der Waals surface area contributed by atoms with Gasteiger partial charge in [0.25, 0.3) is 6.71 Å². The van der Waals surface area contributed by atoms with Crippen LogP contribution in [0.3, 0.4) is 0 Å². The molecule has 0 amide bonds. The van der Waals surface area contributed by atoms with E-state index in [9.17, 15) is 26.3 Å². The second-order valence-corrected chi connectivity index (χ2v) is 5.43. The molecule has 126 valence electrons. The van der Waals surface area contributed by atoms with Crippen LogP contribution in [0.15, 0.2) is 54.6 Å². The van der Waals surface area contributed by atoms with Gasteiger partial charge in [-0.1, -0.05) is 18.2 Å². The van der Waals surface area contributed by atoms with E-state index in [4.69, 9.17) is 0 Å². The zero-order valence-electron chi connectivity index (χ0n) is 12.5. The fraction of sp³-hybridized carbons (Fsp3) is 0. The summed E-state index contributed by atoms with van der Waals surface area (Å²) in [6.07, 6.45) is 0. The van der Waals surface area contributed by atoms with Crippen molar-refractivity contribution < 1.29 is 26.3 Å². The Bertz CT molecular complexity index is 818. The maximum atomic E-state index is 14.3. The topological polar surface area (TPSA) is 0 Å². The molecule has 0 N–H and O–H groups in total. The largest absolute Gasteiger partial charge is 0.252 e. The summed E-state index contributed by atoms with van der Waals surface area (Å²) in [6.45, 7) is -1.35. The maximum Gasteiger partial charge on any atom is 0.252 e. The first-order chi connectivity index (χ1) is 11.9. The fourth-order valence-corrected chi connectivity index (χ4v) is 2.71. The van der Waals surface area contributed by atoms with Crippen LogP contribution in [0.5, 0.6) is 0 Å². The van der Waals surface area contributed by atoms with Crippen LogP contribution in [0.1, 0.15) is 0 Å². The minimum absolute atomic E-state index is 0.225. The summed E-state index contributed by atoms with van der Waals surface area (Å²) in [5, 5.41) is 0. The van der Waals surface area contributed by atoms with Gasteiger partial charge < -0.3 is 0 Å². The Hall–Kier alpha value is -2.70. The van der Waals surface area contributed by atoms with Crippen LogP contribution in [-0.2, 0) is 0 Å². The quantitative estimate of drug-likeness (QED) is 0.503. The molecule has 0 radical (unpaired) electrons. The highest BCUT2D eigenvalue weighted by molar-refractivity contribution is 6.95. The Morgan fingerprint density at radius 3 is 0.960 bits per heavy atom. The summed E-state index contributed by atoms with van der Waals surface area (Å²) in [6, 6.07) is 7.67. The molecular formula is C18H9BF6. The third kappa shape index (κ3) is 3.40. The van der Waals surface area contributed by atoms with E-state index in [2.05, 4.69) is 0 Å². The van der Waals surface area contributed by atoms with Crippen LogP contribution < -0.4 is 16.4 Å². The Kier molecular flexibility index (Phi) is 4.57. The molecule has 0 atom stereocenters. The first-order valence-corrected chi connectivity index (χ1v) is 7.21. The highest BCUT2D eigenvalue weighted by Crippen LogP contribution is 2.08. The summed E-state index contributed by atoms with van der Waals surface area (Å²) in [7, 11) is 0. The van der Waals surface area contributed by atoms with Gasteiger partial charge >= 0.3 is 0 Å². The van der Waals surface area contributed by atoms with E-state index in [1.54, 1.807) is 0 Å². The van der Waals surface area contributed by atoms with Crippen LogP contribution in [0.4, 0.5) is 26.3 Å². The van der Waals surface area contributed by atoms with Crippen molar-refractivity contribution in [3.63, 3.8) is 0 Å². The molecule has 3 rings (SSSR count). The van der Waals surface area contributed by atoms with Gasteiger partial charge in [-0.05, 0) is 34.6 Å². The lowest BCUT2D eigenvalue weighted by Crippen LogP contribution is -2.55. The number of rotatable bonds is 3. The number of hydrogen-bond acceptors (Lipinski definition) is 0. The third-order valence-electron chi connectivity index (χ3n) is 3.82. The van der Waals surface area contributed by atoms with Crippen LogP contribution in [0.25, 0.3) is 0 Å². The van der Waals surface area contributed by atoms with Gasteiger partial charge in [0.1, 0.15) is 34.9 Å². The van der Waals surface area contributed by atoms with E-state index in [-0.39, 0.29) is 16.4 Å². The lowest BCUT2D eigenvalue weighted by atomic mass is 9.36. The number of hydrogen-bond donors (Lipinski definition) is 0. The van der Waals surface area contributed by atoms with E-state index < -0.39 is 41.6 Å². The van der Waals surface area contributed by atoms with Crippen LogP contribution >= 0.6 is 0 Å². The van der Waals surface area contributed by atoms with Gasteiger partial charge in [0.2, 0.25) is 0 Å². The van der Waals surface area contributed by atoms with E-state index in [0.717, 1.165) is 36.4 Å². The molecule has 0 aromatic heterocycles. The molecule has 7 heteroatoms. The van der Waals surface area contributed by atoms with Crippen molar-refractivity contribution >= 4 is 23.1 Å². The molecule has 0 saturated carbocycles. The predicted molar refractivity (Wildman–Crippen MR) is 83.7 cm³/mol. The molecule has 0 unspecified atom stereocenters. The molecule has 3 aromatic rings. The average molecular weight is 350 g/mol. The Balaban J connectivity index is 2.27. The molecule has 0 aliphatic rings. The van der Waals surface area contributed by atoms with Crippen molar-refractivity contribution in [3.8, 4) is 0 Å². The van der Waals surface area contributed by atoms with Crippen molar-refractivity contribution in [3.05, 3.63) is 89.5 Å². The first-order valence-electron chi connectivity index (χ1n) is 7.21. The van der Waals surface area contributed by atoms with Gasteiger partial charge in [-0.2, -0.15) is 0 Å². The SMILES string of the molecule is Fc1ccc(B(c2ccc(F)cc2F)c2ccc(F)cc2F)c(F)c1. The molecule has 0 aliphatic carbocycles. The van der Waals surface area contributed by atoms with Gasteiger partial charge in [0.05, 0.1) is 0 Å².